The van der Waals surface area contributed by atoms with Crippen molar-refractivity contribution < 1.29 is 8.42 Å². The number of rotatable bonds is 4. The van der Waals surface area contributed by atoms with E-state index in [9.17, 15) is 8.42 Å². The van der Waals surface area contributed by atoms with Gasteiger partial charge >= 0.3 is 0 Å². The molecule has 6 heteroatoms. The van der Waals surface area contributed by atoms with Crippen LogP contribution in [-0.2, 0) is 10.0 Å². The van der Waals surface area contributed by atoms with Gasteiger partial charge in [0.1, 0.15) is 5.82 Å². The van der Waals surface area contributed by atoms with Crippen LogP contribution in [0.4, 0.5) is 5.82 Å². The van der Waals surface area contributed by atoms with Gasteiger partial charge in [0.15, 0.2) is 0 Å². The van der Waals surface area contributed by atoms with E-state index >= 15 is 0 Å². The van der Waals surface area contributed by atoms with Crippen LogP contribution in [-0.4, -0.2) is 26.5 Å². The number of anilines is 1. The van der Waals surface area contributed by atoms with E-state index in [1.54, 1.807) is 7.05 Å². The monoisotopic (exact) mass is 241 g/mol. The molecule has 1 aliphatic carbocycles. The number of aromatic nitrogens is 1. The van der Waals surface area contributed by atoms with Crippen molar-refractivity contribution in [1.29, 1.82) is 0 Å². The summed E-state index contributed by atoms with van der Waals surface area (Å²) in [5, 5.41) is 2.81. The predicted octanol–water partition coefficient (Wildman–Crippen LogP) is 0.810. The maximum Gasteiger partial charge on any atom is 0.241 e. The summed E-state index contributed by atoms with van der Waals surface area (Å²) in [6.07, 6.45) is 2.40. The molecule has 0 bridgehead atoms. The third-order valence-electron chi connectivity index (χ3n) is 2.71. The first-order chi connectivity index (χ1) is 7.53. The molecule has 2 atom stereocenters. The van der Waals surface area contributed by atoms with Gasteiger partial charge < -0.3 is 5.32 Å². The van der Waals surface area contributed by atoms with Crippen LogP contribution in [0, 0.1) is 5.92 Å². The molecule has 88 valence electrons. The van der Waals surface area contributed by atoms with Crippen molar-refractivity contribution in [3.8, 4) is 0 Å². The van der Waals surface area contributed by atoms with Gasteiger partial charge in [-0.05, 0) is 18.4 Å². The van der Waals surface area contributed by atoms with E-state index in [1.807, 2.05) is 6.92 Å². The van der Waals surface area contributed by atoms with Crippen molar-refractivity contribution >= 4 is 15.8 Å². The van der Waals surface area contributed by atoms with Crippen LogP contribution in [0.25, 0.3) is 0 Å². The fourth-order valence-corrected chi connectivity index (χ4v) is 2.84. The summed E-state index contributed by atoms with van der Waals surface area (Å²) >= 11 is 0. The van der Waals surface area contributed by atoms with Crippen LogP contribution in [0.15, 0.2) is 23.2 Å². The zero-order valence-corrected chi connectivity index (χ0v) is 10.1. The van der Waals surface area contributed by atoms with Gasteiger partial charge in [0, 0.05) is 25.4 Å². The minimum absolute atomic E-state index is 0.0937. The Kier molecular flexibility index (Phi) is 2.86. The summed E-state index contributed by atoms with van der Waals surface area (Å²) in [6, 6.07) is 3.11. The van der Waals surface area contributed by atoms with Gasteiger partial charge in [0.05, 0.1) is 4.90 Å². The molecule has 16 heavy (non-hydrogen) atoms. The zero-order valence-electron chi connectivity index (χ0n) is 9.27. The fraction of sp³-hybridized carbons (Fsp3) is 0.500. The van der Waals surface area contributed by atoms with Gasteiger partial charge in [-0.1, -0.05) is 6.92 Å². The van der Waals surface area contributed by atoms with Gasteiger partial charge in [-0.3, -0.25) is 0 Å². The average Bonchev–Trinajstić information content (AvgIpc) is 2.93. The van der Waals surface area contributed by atoms with Crippen LogP contribution in [0.5, 0.6) is 0 Å². The molecule has 1 aromatic rings. The first kappa shape index (κ1) is 11.3. The highest BCUT2D eigenvalue weighted by molar-refractivity contribution is 7.89. The normalized spacial score (nSPS) is 24.1. The molecule has 0 saturated heterocycles. The molecule has 0 aliphatic heterocycles. The third kappa shape index (κ3) is 2.33. The summed E-state index contributed by atoms with van der Waals surface area (Å²) in [5.74, 6) is 0.993. The van der Waals surface area contributed by atoms with Crippen LogP contribution in [0.1, 0.15) is 13.3 Å². The van der Waals surface area contributed by atoms with Crippen LogP contribution in [0.3, 0.4) is 0 Å². The average molecular weight is 241 g/mol. The topological polar surface area (TPSA) is 71.1 Å². The number of hydrogen-bond acceptors (Lipinski definition) is 4. The maximum absolute atomic E-state index is 11.9. The van der Waals surface area contributed by atoms with Gasteiger partial charge in [0.25, 0.3) is 0 Å². The first-order valence-corrected chi connectivity index (χ1v) is 6.67. The number of sulfonamides is 1. The zero-order chi connectivity index (χ0) is 11.8. The second kappa shape index (κ2) is 4.03. The lowest BCUT2D eigenvalue weighted by Gasteiger charge is -2.06. The molecule has 2 unspecified atom stereocenters. The Bertz CT molecular complexity index is 487. The highest BCUT2D eigenvalue weighted by Crippen LogP contribution is 2.30. The lowest BCUT2D eigenvalue weighted by atomic mass is 10.5. The molecule has 0 aromatic carbocycles. The highest BCUT2D eigenvalue weighted by Gasteiger charge is 2.36. The predicted molar refractivity (Wildman–Crippen MR) is 61.7 cm³/mol. The molecule has 0 amide bonds. The molecule has 2 N–H and O–H groups in total. The van der Waals surface area contributed by atoms with Gasteiger partial charge in [0.2, 0.25) is 10.0 Å². The minimum atomic E-state index is -3.39. The van der Waals surface area contributed by atoms with Crippen molar-refractivity contribution in [2.75, 3.05) is 12.4 Å². The van der Waals surface area contributed by atoms with Crippen molar-refractivity contribution in [3.05, 3.63) is 18.3 Å². The van der Waals surface area contributed by atoms with E-state index in [4.69, 9.17) is 0 Å². The Morgan fingerprint density at radius 3 is 2.75 bits per heavy atom. The third-order valence-corrected chi connectivity index (χ3v) is 4.20. The second-order valence-electron chi connectivity index (χ2n) is 4.07. The van der Waals surface area contributed by atoms with Crippen LogP contribution >= 0.6 is 0 Å². The molecule has 1 heterocycles. The molecule has 2 rings (SSSR count). The number of pyridine rings is 1. The molecule has 0 spiro atoms. The van der Waals surface area contributed by atoms with E-state index < -0.39 is 10.0 Å². The summed E-state index contributed by atoms with van der Waals surface area (Å²) < 4.78 is 26.5. The van der Waals surface area contributed by atoms with E-state index in [1.165, 1.54) is 18.3 Å². The number of nitrogens with one attached hydrogen (secondary N) is 2. The molecule has 1 fully saturated rings. The molecule has 1 aromatic heterocycles. The van der Waals surface area contributed by atoms with E-state index in [0.717, 1.165) is 6.42 Å². The van der Waals surface area contributed by atoms with E-state index in [2.05, 4.69) is 15.0 Å². The minimum Gasteiger partial charge on any atom is -0.373 e. The second-order valence-corrected chi connectivity index (χ2v) is 5.78. The van der Waals surface area contributed by atoms with E-state index in [-0.39, 0.29) is 10.9 Å². The molecule has 1 saturated carbocycles. The quantitative estimate of drug-likeness (QED) is 0.818. The first-order valence-electron chi connectivity index (χ1n) is 5.19. The summed E-state index contributed by atoms with van der Waals surface area (Å²) in [5.41, 5.74) is 0. The maximum atomic E-state index is 11.9. The Balaban J connectivity index is 2.21. The van der Waals surface area contributed by atoms with Gasteiger partial charge in [-0.2, -0.15) is 0 Å². The molecular formula is C10H15N3O2S. The standard InChI is InChI=1S/C10H15N3O2S/c1-7-5-9(7)13-16(14,15)8-3-4-12-10(6-8)11-2/h3-4,6-7,9,13H,5H2,1-2H3,(H,11,12). The molecule has 5 nitrogen and oxygen atoms in total. The SMILES string of the molecule is CNc1cc(S(=O)(=O)NC2CC2C)ccn1. The molecule has 0 radical (unpaired) electrons. The number of nitrogens with zero attached hydrogens (tertiary/aromatic N) is 1. The Morgan fingerprint density at radius 1 is 1.50 bits per heavy atom. The van der Waals surface area contributed by atoms with Crippen molar-refractivity contribution in [1.82, 2.24) is 9.71 Å². The summed E-state index contributed by atoms with van der Waals surface area (Å²) in [7, 11) is -1.69. The lowest BCUT2D eigenvalue weighted by Crippen LogP contribution is -2.26. The van der Waals surface area contributed by atoms with Gasteiger partial charge in [-0.15, -0.1) is 0 Å². The summed E-state index contributed by atoms with van der Waals surface area (Å²) in [6.45, 7) is 2.03. The van der Waals surface area contributed by atoms with Crippen molar-refractivity contribution in [3.63, 3.8) is 0 Å². The van der Waals surface area contributed by atoms with Crippen molar-refractivity contribution in [2.45, 2.75) is 24.3 Å². The largest absolute Gasteiger partial charge is 0.373 e. The number of hydrogen-bond donors (Lipinski definition) is 2. The van der Waals surface area contributed by atoms with E-state index in [0.29, 0.717) is 11.7 Å². The Hall–Kier alpha value is -1.14. The fourth-order valence-electron chi connectivity index (χ4n) is 1.47. The lowest BCUT2D eigenvalue weighted by molar-refractivity contribution is 0.578. The van der Waals surface area contributed by atoms with Crippen LogP contribution in [0.2, 0.25) is 0 Å². The molecule has 1 aliphatic rings. The Labute approximate surface area is 95.3 Å². The summed E-state index contributed by atoms with van der Waals surface area (Å²) in [4.78, 5) is 4.23. The molecular weight excluding hydrogens is 226 g/mol. The smallest absolute Gasteiger partial charge is 0.241 e. The van der Waals surface area contributed by atoms with Crippen LogP contribution < -0.4 is 10.0 Å². The highest BCUT2D eigenvalue weighted by atomic mass is 32.2. The van der Waals surface area contributed by atoms with Crippen molar-refractivity contribution in [2.24, 2.45) is 5.92 Å². The Morgan fingerprint density at radius 2 is 2.19 bits per heavy atom. The van der Waals surface area contributed by atoms with Gasteiger partial charge in [-0.25, -0.2) is 18.1 Å².